The van der Waals surface area contributed by atoms with E-state index in [-0.39, 0.29) is 5.82 Å². The van der Waals surface area contributed by atoms with E-state index in [1.165, 1.54) is 29.0 Å². The third-order valence-electron chi connectivity index (χ3n) is 4.17. The highest BCUT2D eigenvalue weighted by molar-refractivity contribution is 7.99. The predicted octanol–water partition coefficient (Wildman–Crippen LogP) is -1.44. The third-order valence-corrected chi connectivity index (χ3v) is 5.26. The van der Waals surface area contributed by atoms with E-state index in [1.807, 2.05) is 0 Å². The fourth-order valence-corrected chi connectivity index (χ4v) is 3.78. The molecule has 142 valence electrons. The summed E-state index contributed by atoms with van der Waals surface area (Å²) in [6.07, 6.45) is -0.747. The average molecular weight is 387 g/mol. The Morgan fingerprint density at radius 1 is 1.35 bits per heavy atom. The van der Waals surface area contributed by atoms with Gasteiger partial charge in [0.15, 0.2) is 17.7 Å². The largest absolute Gasteiger partial charge is 0.480 e. The predicted molar refractivity (Wildman–Crippen MR) is 93.2 cm³/mol. The summed E-state index contributed by atoms with van der Waals surface area (Å²) < 4.78 is 7.29. The van der Waals surface area contributed by atoms with Crippen molar-refractivity contribution in [1.29, 1.82) is 0 Å². The van der Waals surface area contributed by atoms with Crippen molar-refractivity contribution in [2.24, 2.45) is 5.73 Å². The maximum atomic E-state index is 10.7. The van der Waals surface area contributed by atoms with Gasteiger partial charge < -0.3 is 31.5 Å². The van der Waals surface area contributed by atoms with Crippen LogP contribution in [0.25, 0.3) is 11.2 Å². The molecule has 1 saturated heterocycles. The number of nitrogen functional groups attached to an aromatic ring is 1. The van der Waals surface area contributed by atoms with Crippen molar-refractivity contribution in [2.45, 2.75) is 37.0 Å². The Labute approximate surface area is 152 Å². The molecule has 3 rings (SSSR count). The van der Waals surface area contributed by atoms with Gasteiger partial charge in [-0.3, -0.25) is 9.36 Å². The molecule has 7 N–H and O–H groups in total. The van der Waals surface area contributed by atoms with Crippen molar-refractivity contribution < 1.29 is 24.9 Å². The first-order chi connectivity index (χ1) is 12.4. The molecule has 0 bridgehead atoms. The lowest BCUT2D eigenvalue weighted by atomic mass is 10.1. The first-order valence-electron chi connectivity index (χ1n) is 7.91. The minimum Gasteiger partial charge on any atom is -0.480 e. The topological polar surface area (TPSA) is 183 Å². The first kappa shape index (κ1) is 18.8. The van der Waals surface area contributed by atoms with Crippen molar-refractivity contribution in [3.8, 4) is 0 Å². The summed E-state index contributed by atoms with van der Waals surface area (Å²) in [7, 11) is 0. The molecule has 1 fully saturated rings. The fraction of sp³-hybridized carbons (Fsp3) is 0.571. The molecule has 0 spiro atoms. The van der Waals surface area contributed by atoms with Crippen LogP contribution >= 0.6 is 11.8 Å². The monoisotopic (exact) mass is 387 g/mol. The van der Waals surface area contributed by atoms with Gasteiger partial charge in [-0.1, -0.05) is 0 Å². The van der Waals surface area contributed by atoms with Crippen LogP contribution in [0.15, 0.2) is 12.7 Å². The van der Waals surface area contributed by atoms with Gasteiger partial charge in [0.2, 0.25) is 0 Å². The van der Waals surface area contributed by atoms with Crippen LogP contribution in [-0.4, -0.2) is 76.7 Å². The number of anilines is 1. The normalized spacial score (nSPS) is 27.0. The van der Waals surface area contributed by atoms with Crippen LogP contribution in [0.1, 0.15) is 12.6 Å². The molecule has 0 unspecified atom stereocenters. The molecule has 0 aromatic carbocycles. The van der Waals surface area contributed by atoms with Crippen LogP contribution < -0.4 is 11.5 Å². The molecule has 26 heavy (non-hydrogen) atoms. The molecule has 12 heteroatoms. The summed E-state index contributed by atoms with van der Waals surface area (Å²) in [5.74, 6) is 0.0405. The van der Waals surface area contributed by atoms with Gasteiger partial charge in [-0.2, -0.15) is 11.8 Å². The van der Waals surface area contributed by atoms with Crippen LogP contribution in [-0.2, 0) is 9.53 Å². The van der Waals surface area contributed by atoms with E-state index < -0.39 is 36.6 Å². The quantitative estimate of drug-likeness (QED) is 0.277. The van der Waals surface area contributed by atoms with E-state index in [0.717, 1.165) is 0 Å². The molecular weight excluding hydrogens is 367 g/mol. The molecule has 1 aliphatic rings. The van der Waals surface area contributed by atoms with E-state index in [9.17, 15) is 15.0 Å². The SMILES string of the molecule is N[C@@H](CCSC[C@H]1O[C@@H]([15n]2c[15n]c3c([15NH2])ncnc32)[C@H](O)[C@@H]1O)C(=O)O. The van der Waals surface area contributed by atoms with E-state index >= 15 is 0 Å². The number of imidazole rings is 1. The van der Waals surface area contributed by atoms with E-state index in [0.29, 0.717) is 29.1 Å². The number of rotatable bonds is 7. The van der Waals surface area contributed by atoms with Crippen molar-refractivity contribution in [2.75, 3.05) is 17.2 Å². The molecule has 0 aliphatic carbocycles. The van der Waals surface area contributed by atoms with Crippen LogP contribution in [0.3, 0.4) is 0 Å². The van der Waals surface area contributed by atoms with Gasteiger partial charge in [0.25, 0.3) is 0 Å². The lowest BCUT2D eigenvalue weighted by molar-refractivity contribution is -0.138. The van der Waals surface area contributed by atoms with Crippen LogP contribution in [0.4, 0.5) is 5.82 Å². The summed E-state index contributed by atoms with van der Waals surface area (Å²) in [5.41, 5.74) is 12.0. The van der Waals surface area contributed by atoms with Crippen molar-refractivity contribution >= 4 is 34.7 Å². The number of thioether (sulfide) groups is 1. The van der Waals surface area contributed by atoms with Gasteiger partial charge in [0, 0.05) is 5.75 Å². The Morgan fingerprint density at radius 2 is 2.12 bits per heavy atom. The number of nitrogens with zero attached hydrogens (tertiary/aromatic N) is 4. The Kier molecular flexibility index (Phi) is 5.58. The number of carbonyl (C=O) groups is 1. The van der Waals surface area contributed by atoms with Gasteiger partial charge in [-0.25, -0.2) is 15.0 Å². The molecule has 0 radical (unpaired) electrons. The van der Waals surface area contributed by atoms with Gasteiger partial charge in [-0.05, 0) is 12.2 Å². The standard InChI is InChI=1S/C14H20N6O5S/c15-6(14(23)24)1-2-26-3-7-9(21)10(22)13(25-7)20-5-19-8-11(16)17-4-18-12(8)20/h4-7,9-10,13,21-22H,1-3,15H2,(H,23,24)(H2,16,17,18)/t6-,7+,9+,10+,13+/m0/s1/i16+1,19+1,20+1. The van der Waals surface area contributed by atoms with Gasteiger partial charge in [0.05, 0.1) is 12.4 Å². The lowest BCUT2D eigenvalue weighted by Gasteiger charge is -2.16. The molecule has 3 heterocycles. The minimum absolute atomic E-state index is 0.212. The Hall–Kier alpha value is -1.99. The average Bonchev–Trinajstić information content (AvgIpc) is 3.15. The number of nitrogens with two attached hydrogens (primary N) is 2. The Morgan fingerprint density at radius 3 is 2.85 bits per heavy atom. The van der Waals surface area contributed by atoms with Crippen LogP contribution in [0.2, 0.25) is 0 Å². The second-order valence-electron chi connectivity index (χ2n) is 5.94. The van der Waals surface area contributed by atoms with Crippen LogP contribution in [0.5, 0.6) is 0 Å². The number of hydrogen-bond acceptors (Lipinski definition) is 10. The molecule has 5 atom stereocenters. The highest BCUT2D eigenvalue weighted by Crippen LogP contribution is 2.33. The number of aromatic nitrogens is 4. The second kappa shape index (κ2) is 7.72. The zero-order valence-corrected chi connectivity index (χ0v) is 14.5. The number of aliphatic hydroxyl groups is 2. The number of hydrogen-bond donors (Lipinski definition) is 5. The van der Waals surface area contributed by atoms with Gasteiger partial charge >= 0.3 is 5.97 Å². The van der Waals surface area contributed by atoms with Gasteiger partial charge in [0.1, 0.15) is 30.1 Å². The zero-order valence-electron chi connectivity index (χ0n) is 13.7. The number of aliphatic carboxylic acids is 1. The summed E-state index contributed by atoms with van der Waals surface area (Å²) in [5, 5.41) is 29.3. The maximum absolute atomic E-state index is 10.7. The third kappa shape index (κ3) is 3.59. The number of ether oxygens (including phenoxy) is 1. The molecule has 2 aromatic rings. The van der Waals surface area contributed by atoms with Gasteiger partial charge in [-0.15, -0.1) is 0 Å². The van der Waals surface area contributed by atoms with Crippen molar-refractivity contribution in [1.82, 2.24) is 19.5 Å². The number of aliphatic hydroxyl groups excluding tert-OH is 2. The molecule has 2 aromatic heterocycles. The van der Waals surface area contributed by atoms with Crippen LogP contribution in [0, 0.1) is 0 Å². The highest BCUT2D eigenvalue weighted by Gasteiger charge is 2.44. The second-order valence-corrected chi connectivity index (χ2v) is 7.09. The molecule has 0 amide bonds. The fourth-order valence-electron chi connectivity index (χ4n) is 2.69. The molecule has 0 saturated carbocycles. The minimum atomic E-state index is -1.17. The number of carboxylic acids is 1. The molecule has 1 aliphatic heterocycles. The summed E-state index contributed by atoms with van der Waals surface area (Å²) in [6, 6.07) is -0.919. The summed E-state index contributed by atoms with van der Waals surface area (Å²) in [6.45, 7) is 0. The first-order valence-corrected chi connectivity index (χ1v) is 9.06. The maximum Gasteiger partial charge on any atom is 0.320 e. The van der Waals surface area contributed by atoms with E-state index in [2.05, 4.69) is 15.0 Å². The highest BCUT2D eigenvalue weighted by atomic mass is 32.2. The Bertz CT molecular complexity index is 788. The molecular formula is C14H20N6O5S. The molecule has 11 nitrogen and oxygen atoms in total. The number of carboxylic acid groups (broad SMARTS) is 1. The smallest absolute Gasteiger partial charge is 0.320 e. The summed E-state index contributed by atoms with van der Waals surface area (Å²) >= 11 is 1.40. The van der Waals surface area contributed by atoms with E-state index in [4.69, 9.17) is 21.3 Å². The van der Waals surface area contributed by atoms with E-state index in [1.54, 1.807) is 0 Å². The summed E-state index contributed by atoms with van der Waals surface area (Å²) in [4.78, 5) is 22.8. The number of fused-ring (bicyclic) bond motifs is 1. The zero-order chi connectivity index (χ0) is 18.8. The van der Waals surface area contributed by atoms with Crippen molar-refractivity contribution in [3.63, 3.8) is 0 Å². The van der Waals surface area contributed by atoms with Crippen molar-refractivity contribution in [3.05, 3.63) is 12.7 Å². The lowest BCUT2D eigenvalue weighted by Crippen LogP contribution is -2.33. The Balaban J connectivity index is 1.64.